The molecule has 1 saturated heterocycles. The number of nitrogens with one attached hydrogen (secondary N) is 2. The molecular formula is C27H32FN7O4S. The Morgan fingerprint density at radius 3 is 2.67 bits per heavy atom. The minimum absolute atomic E-state index is 0.191. The largest absolute Gasteiger partial charge is 0.477 e. The van der Waals surface area contributed by atoms with Crippen LogP contribution in [0.1, 0.15) is 29.3 Å². The summed E-state index contributed by atoms with van der Waals surface area (Å²) in [6, 6.07) is 10.2. The van der Waals surface area contributed by atoms with Crippen LogP contribution >= 0.6 is 0 Å². The van der Waals surface area contributed by atoms with Crippen LogP contribution in [-0.2, 0) is 18.1 Å². The first-order chi connectivity index (χ1) is 19.2. The molecule has 3 N–H and O–H groups in total. The van der Waals surface area contributed by atoms with Gasteiger partial charge in [-0.25, -0.2) is 13.6 Å². The minimum Gasteiger partial charge on any atom is -0.477 e. The quantitative estimate of drug-likeness (QED) is 0.286. The first-order valence-corrected chi connectivity index (χ1v) is 13.8. The van der Waals surface area contributed by atoms with Gasteiger partial charge in [0.1, 0.15) is 11.1 Å². The van der Waals surface area contributed by atoms with E-state index in [-0.39, 0.29) is 17.0 Å². The summed E-state index contributed by atoms with van der Waals surface area (Å²) < 4.78 is 40.5. The van der Waals surface area contributed by atoms with Crippen molar-refractivity contribution in [2.75, 3.05) is 37.0 Å². The van der Waals surface area contributed by atoms with Gasteiger partial charge in [0.2, 0.25) is 11.8 Å². The van der Waals surface area contributed by atoms with E-state index in [2.05, 4.69) is 30.6 Å². The summed E-state index contributed by atoms with van der Waals surface area (Å²) in [7, 11) is 3.64. The van der Waals surface area contributed by atoms with Gasteiger partial charge in [0.05, 0.1) is 11.5 Å². The fraction of sp³-hybridized carbons (Fsp3) is 0.333. The molecule has 2 atom stereocenters. The van der Waals surface area contributed by atoms with Crippen molar-refractivity contribution in [3.63, 3.8) is 0 Å². The Kier molecular flexibility index (Phi) is 9.40. The number of anilines is 2. The Morgan fingerprint density at radius 2 is 2.02 bits per heavy atom. The number of carbonyl (C=O) groups excluding carboxylic acids is 1. The van der Waals surface area contributed by atoms with E-state index in [1.807, 2.05) is 33.0 Å². The molecule has 2 aromatic carbocycles. The van der Waals surface area contributed by atoms with Crippen molar-refractivity contribution in [1.82, 2.24) is 25.1 Å². The van der Waals surface area contributed by atoms with Crippen LogP contribution in [0.15, 0.2) is 53.7 Å². The molecule has 2 unspecified atom stereocenters. The molecule has 1 aliphatic heterocycles. The number of rotatable bonds is 7. The van der Waals surface area contributed by atoms with Gasteiger partial charge in [-0.2, -0.15) is 10.1 Å². The normalized spacial score (nSPS) is 15.4. The van der Waals surface area contributed by atoms with E-state index in [0.717, 1.165) is 25.1 Å². The van der Waals surface area contributed by atoms with Crippen LogP contribution in [0.2, 0.25) is 0 Å². The van der Waals surface area contributed by atoms with Crippen molar-refractivity contribution < 1.29 is 22.7 Å². The van der Waals surface area contributed by atoms with Crippen LogP contribution in [0.4, 0.5) is 16.0 Å². The van der Waals surface area contributed by atoms with E-state index in [4.69, 9.17) is 9.29 Å². The van der Waals surface area contributed by atoms with Crippen LogP contribution in [-0.4, -0.2) is 67.2 Å². The summed E-state index contributed by atoms with van der Waals surface area (Å²) in [5, 5.41) is 10.6. The summed E-state index contributed by atoms with van der Waals surface area (Å²) in [5.41, 5.74) is 1.86. The first-order valence-electron chi connectivity index (χ1n) is 12.7. The zero-order chi connectivity index (χ0) is 28.8. The standard InChI is InChI=1S/C20H24FN7O2.C7H8O2S/c1-4-30-19-15(9-23-20(25-19)28-6-5-13(11-28)22-2)18(29)24-14-7-12-10-27(3)26-17(12)16(21)8-14;1-6-2-4-7(5-3-6)10(8)9/h7-10,13,22H,4-6,11H2,1-3H3,(H,24,29);2-5H,1H3,(H,8,9). The number of nitrogens with zero attached hydrogens (tertiary/aromatic N) is 5. The number of amides is 1. The minimum atomic E-state index is -1.84. The number of halogens is 1. The van der Waals surface area contributed by atoms with Crippen molar-refractivity contribution in [1.29, 1.82) is 0 Å². The Hall–Kier alpha value is -3.94. The summed E-state index contributed by atoms with van der Waals surface area (Å²) in [5.74, 6) is -0.248. The first kappa shape index (κ1) is 29.1. The van der Waals surface area contributed by atoms with E-state index in [0.29, 0.717) is 34.6 Å². The molecule has 13 heteroatoms. The summed E-state index contributed by atoms with van der Waals surface area (Å²) in [4.78, 5) is 24.2. The predicted octanol–water partition coefficient (Wildman–Crippen LogP) is 3.53. The Balaban J connectivity index is 0.000000312. The number of fused-ring (bicyclic) bond motifs is 1. The Labute approximate surface area is 234 Å². The number of hydrogen-bond donors (Lipinski definition) is 3. The number of ether oxygens (including phenoxy) is 1. The fourth-order valence-electron chi connectivity index (χ4n) is 4.23. The third-order valence-electron chi connectivity index (χ3n) is 6.30. The molecule has 3 heterocycles. The van der Waals surface area contributed by atoms with Gasteiger partial charge in [0.15, 0.2) is 16.9 Å². The van der Waals surface area contributed by atoms with Gasteiger partial charge in [-0.1, -0.05) is 17.7 Å². The van der Waals surface area contributed by atoms with Crippen molar-refractivity contribution >= 4 is 39.5 Å². The molecule has 0 bridgehead atoms. The highest BCUT2D eigenvalue weighted by atomic mass is 32.2. The van der Waals surface area contributed by atoms with Gasteiger partial charge in [0.25, 0.3) is 5.91 Å². The van der Waals surface area contributed by atoms with Crippen LogP contribution < -0.4 is 20.3 Å². The van der Waals surface area contributed by atoms with Gasteiger partial charge in [-0.05, 0) is 51.6 Å². The summed E-state index contributed by atoms with van der Waals surface area (Å²) >= 11 is -1.84. The van der Waals surface area contributed by atoms with Gasteiger partial charge >= 0.3 is 0 Å². The molecule has 4 aromatic rings. The molecule has 1 fully saturated rings. The Morgan fingerprint density at radius 1 is 1.27 bits per heavy atom. The molecule has 0 spiro atoms. The second-order valence-electron chi connectivity index (χ2n) is 9.26. The summed E-state index contributed by atoms with van der Waals surface area (Å²) in [6.07, 6.45) is 4.13. The number of benzene rings is 2. The summed E-state index contributed by atoms with van der Waals surface area (Å²) in [6.45, 7) is 5.73. The molecule has 0 aliphatic carbocycles. The van der Waals surface area contributed by atoms with Crippen LogP contribution in [0, 0.1) is 12.7 Å². The zero-order valence-corrected chi connectivity index (χ0v) is 23.5. The lowest BCUT2D eigenvalue weighted by atomic mass is 10.2. The lowest BCUT2D eigenvalue weighted by Crippen LogP contribution is -2.30. The van der Waals surface area contributed by atoms with Gasteiger partial charge in [0, 0.05) is 49.6 Å². The highest BCUT2D eigenvalue weighted by Crippen LogP contribution is 2.25. The van der Waals surface area contributed by atoms with Crippen molar-refractivity contribution in [2.24, 2.45) is 7.05 Å². The zero-order valence-electron chi connectivity index (χ0n) is 22.7. The van der Waals surface area contributed by atoms with Crippen LogP contribution in [0.3, 0.4) is 0 Å². The number of carbonyl (C=O) groups is 1. The van der Waals surface area contributed by atoms with Gasteiger partial charge in [-0.15, -0.1) is 0 Å². The number of likely N-dealkylation sites (N-methyl/N-ethyl adjacent to an activating group) is 1. The molecule has 5 rings (SSSR count). The van der Waals surface area contributed by atoms with E-state index in [9.17, 15) is 13.4 Å². The molecular weight excluding hydrogens is 537 g/mol. The molecule has 212 valence electrons. The van der Waals surface area contributed by atoms with E-state index >= 15 is 0 Å². The maximum absolute atomic E-state index is 14.3. The van der Waals surface area contributed by atoms with Crippen molar-refractivity contribution in [3.05, 3.63) is 65.7 Å². The maximum Gasteiger partial charge on any atom is 0.262 e. The Bertz CT molecular complexity index is 1510. The average Bonchev–Trinajstić information content (AvgIpc) is 3.56. The molecule has 0 saturated carbocycles. The predicted molar refractivity (Wildman–Crippen MR) is 152 cm³/mol. The smallest absolute Gasteiger partial charge is 0.262 e. The van der Waals surface area contributed by atoms with Gasteiger partial charge in [-0.3, -0.25) is 9.48 Å². The molecule has 11 nitrogen and oxygen atoms in total. The third-order valence-corrected chi connectivity index (χ3v) is 6.98. The van der Waals surface area contributed by atoms with Crippen molar-refractivity contribution in [2.45, 2.75) is 31.2 Å². The second kappa shape index (κ2) is 12.9. The fourth-order valence-corrected chi connectivity index (χ4v) is 4.60. The molecule has 2 aromatic heterocycles. The van der Waals surface area contributed by atoms with Crippen molar-refractivity contribution in [3.8, 4) is 5.88 Å². The average molecular weight is 570 g/mol. The molecule has 40 heavy (non-hydrogen) atoms. The molecule has 1 amide bonds. The lowest BCUT2D eigenvalue weighted by molar-refractivity contribution is 0.102. The number of aryl methyl sites for hydroxylation is 2. The maximum atomic E-state index is 14.3. The second-order valence-corrected chi connectivity index (χ2v) is 10.2. The topological polar surface area (TPSA) is 134 Å². The van der Waals surface area contributed by atoms with E-state index in [1.54, 1.807) is 31.4 Å². The molecule has 1 aliphatic rings. The number of hydrogen-bond acceptors (Lipinski definition) is 8. The SMILES string of the molecule is CCOc1nc(N2CCC(NC)C2)ncc1C(=O)Nc1cc(F)c2nn(C)cc2c1.Cc1ccc(S(=O)O)cc1. The highest BCUT2D eigenvalue weighted by Gasteiger charge is 2.25. The van der Waals surface area contributed by atoms with Crippen LogP contribution in [0.25, 0.3) is 10.9 Å². The number of aromatic nitrogens is 4. The monoisotopic (exact) mass is 569 g/mol. The van der Waals surface area contributed by atoms with E-state index in [1.165, 1.54) is 16.9 Å². The van der Waals surface area contributed by atoms with Gasteiger partial charge < -0.3 is 24.8 Å². The molecule has 0 radical (unpaired) electrons. The third kappa shape index (κ3) is 6.97. The highest BCUT2D eigenvalue weighted by molar-refractivity contribution is 7.79. The lowest BCUT2D eigenvalue weighted by Gasteiger charge is -2.18. The van der Waals surface area contributed by atoms with E-state index < -0.39 is 22.8 Å². The van der Waals surface area contributed by atoms with Crippen LogP contribution in [0.5, 0.6) is 5.88 Å².